The fourth-order valence-corrected chi connectivity index (χ4v) is 10.6. The van der Waals surface area contributed by atoms with Crippen LogP contribution in [0.5, 0.6) is 11.5 Å². The van der Waals surface area contributed by atoms with E-state index in [0.717, 1.165) is 43.8 Å². The number of anilines is 1. The van der Waals surface area contributed by atoms with Crippen molar-refractivity contribution in [3.63, 3.8) is 0 Å². The van der Waals surface area contributed by atoms with Gasteiger partial charge in [0.2, 0.25) is 11.8 Å². The zero-order chi connectivity index (χ0) is 30.4. The van der Waals surface area contributed by atoms with E-state index < -0.39 is 35.4 Å². The molecule has 2 amide bonds. The molecule has 2 saturated carbocycles. The first kappa shape index (κ1) is 28.5. The molecule has 0 spiro atoms. The minimum Gasteiger partial charge on any atom is -0.493 e. The maximum atomic E-state index is 13.9. The van der Waals surface area contributed by atoms with Crippen molar-refractivity contribution >= 4 is 40.6 Å². The van der Waals surface area contributed by atoms with Crippen LogP contribution in [0.2, 0.25) is 0 Å². The number of nitrogens with zero attached hydrogens (tertiary/aromatic N) is 1. The van der Waals surface area contributed by atoms with Crippen molar-refractivity contribution in [2.24, 2.45) is 35.5 Å². The molecule has 43 heavy (non-hydrogen) atoms. The van der Waals surface area contributed by atoms with Crippen molar-refractivity contribution in [2.75, 3.05) is 18.6 Å². The molecule has 7 nitrogen and oxygen atoms in total. The summed E-state index contributed by atoms with van der Waals surface area (Å²) in [5, 5.41) is 0.728. The number of carbonyl (C=O) groups excluding carboxylic acids is 2. The quantitative estimate of drug-likeness (QED) is 0.328. The predicted molar refractivity (Wildman–Crippen MR) is 156 cm³/mol. The Labute approximate surface area is 253 Å². The third-order valence-electron chi connectivity index (χ3n) is 9.27. The molecule has 4 aliphatic rings. The molecule has 226 valence electrons. The zero-order valence-electron chi connectivity index (χ0n) is 23.5. The van der Waals surface area contributed by atoms with Crippen LogP contribution in [-0.4, -0.2) is 35.8 Å². The minimum atomic E-state index is -4.60. The Morgan fingerprint density at radius 2 is 1.77 bits per heavy atom. The lowest BCUT2D eigenvalue weighted by Crippen LogP contribution is -2.42. The van der Waals surface area contributed by atoms with E-state index in [1.165, 1.54) is 12.1 Å². The largest absolute Gasteiger partial charge is 0.493 e. The number of thiazole rings is 1. The van der Waals surface area contributed by atoms with Crippen LogP contribution in [0.25, 0.3) is 0 Å². The summed E-state index contributed by atoms with van der Waals surface area (Å²) in [7, 11) is 1.58. The summed E-state index contributed by atoms with van der Waals surface area (Å²) in [5.74, 6) is -1.18. The standard InChI is InChI=1S/C31H29F3N2O5S2/c1-13(2)12-41-19-8-7-14(9-20(19)40-3)21-22-17-11-18(25(22)42-27-26(21)43-30(39)35-27)24-23(17)28(37)36(29(24)38)16-6-4-5-15(10-16)31(32,33)34/h4-10,13,17-18,21-25H,11-12H2,1-3H3,(H,35,39)/t17-,18-,21+,22+,23+,24+,25-/m1/s1. The van der Waals surface area contributed by atoms with E-state index in [0.29, 0.717) is 30.4 Å². The highest BCUT2D eigenvalue weighted by molar-refractivity contribution is 8.00. The Kier molecular flexibility index (Phi) is 6.73. The van der Waals surface area contributed by atoms with E-state index >= 15 is 0 Å². The van der Waals surface area contributed by atoms with Gasteiger partial charge in [0.1, 0.15) is 0 Å². The molecule has 3 aromatic rings. The lowest BCUT2D eigenvalue weighted by atomic mass is 9.68. The topological polar surface area (TPSA) is 88.7 Å². The molecule has 12 heteroatoms. The molecule has 2 aliphatic carbocycles. The third kappa shape index (κ3) is 4.43. The molecular weight excluding hydrogens is 601 g/mol. The average molecular weight is 631 g/mol. The summed E-state index contributed by atoms with van der Waals surface area (Å²) >= 11 is 2.71. The van der Waals surface area contributed by atoms with Gasteiger partial charge in [-0.2, -0.15) is 13.2 Å². The molecule has 0 unspecified atom stereocenters. The number of carbonyl (C=O) groups is 2. The molecule has 3 heterocycles. The second-order valence-corrected chi connectivity index (χ2v) is 14.3. The molecule has 2 bridgehead atoms. The van der Waals surface area contributed by atoms with Gasteiger partial charge in [-0.1, -0.05) is 37.3 Å². The van der Waals surface area contributed by atoms with Gasteiger partial charge in [0.25, 0.3) is 0 Å². The maximum Gasteiger partial charge on any atom is 0.416 e. The number of fused-ring (bicyclic) bond motifs is 9. The van der Waals surface area contributed by atoms with Crippen molar-refractivity contribution in [1.82, 2.24) is 4.98 Å². The number of rotatable bonds is 6. The highest BCUT2D eigenvalue weighted by atomic mass is 32.2. The lowest BCUT2D eigenvalue weighted by Gasteiger charge is -2.43. The summed E-state index contributed by atoms with van der Waals surface area (Å²) in [6.45, 7) is 4.64. The van der Waals surface area contributed by atoms with Crippen LogP contribution in [0.1, 0.15) is 42.2 Å². The Morgan fingerprint density at radius 3 is 2.47 bits per heavy atom. The monoisotopic (exact) mass is 630 g/mol. The molecule has 2 aromatic carbocycles. The number of aromatic amines is 1. The van der Waals surface area contributed by atoms with Gasteiger partial charge in [-0.3, -0.25) is 19.3 Å². The Hall–Kier alpha value is -3.25. The smallest absolute Gasteiger partial charge is 0.416 e. The number of hydrogen-bond donors (Lipinski definition) is 1. The van der Waals surface area contributed by atoms with Crippen molar-refractivity contribution in [3.05, 3.63) is 68.1 Å². The summed E-state index contributed by atoms with van der Waals surface area (Å²) < 4.78 is 52.1. The number of methoxy groups -OCH3 is 1. The third-order valence-corrected chi connectivity index (χ3v) is 11.9. The zero-order valence-corrected chi connectivity index (χ0v) is 25.1. The van der Waals surface area contributed by atoms with Crippen LogP contribution in [0.3, 0.4) is 0 Å². The first-order valence-corrected chi connectivity index (χ1v) is 15.9. The van der Waals surface area contributed by atoms with Gasteiger partial charge in [0.15, 0.2) is 11.5 Å². The number of H-pyrrole nitrogens is 1. The highest BCUT2D eigenvalue weighted by Gasteiger charge is 2.69. The van der Waals surface area contributed by atoms with E-state index in [9.17, 15) is 27.6 Å². The number of nitrogens with one attached hydrogen (secondary N) is 1. The fourth-order valence-electron chi connectivity index (χ4n) is 7.72. The van der Waals surface area contributed by atoms with Gasteiger partial charge >= 0.3 is 11.0 Å². The molecule has 1 saturated heterocycles. The van der Waals surface area contributed by atoms with Gasteiger partial charge in [-0.15, -0.1) is 11.8 Å². The van der Waals surface area contributed by atoms with Crippen LogP contribution in [0.4, 0.5) is 18.9 Å². The van der Waals surface area contributed by atoms with E-state index in [1.807, 2.05) is 18.2 Å². The molecule has 1 aromatic heterocycles. The number of hydrogen-bond acceptors (Lipinski definition) is 7. The van der Waals surface area contributed by atoms with Gasteiger partial charge < -0.3 is 14.5 Å². The second kappa shape index (κ2) is 10.2. The molecule has 3 fully saturated rings. The van der Waals surface area contributed by atoms with E-state index in [2.05, 4.69) is 18.8 Å². The number of amides is 2. The van der Waals surface area contributed by atoms with Crippen LogP contribution in [0, 0.1) is 35.5 Å². The Bertz CT molecular complexity index is 1680. The molecule has 1 N–H and O–H groups in total. The number of halogens is 3. The van der Waals surface area contributed by atoms with Crippen LogP contribution in [-0.2, 0) is 15.8 Å². The molecular formula is C31H29F3N2O5S2. The van der Waals surface area contributed by atoms with E-state index in [1.54, 1.807) is 18.9 Å². The minimum absolute atomic E-state index is 0.0454. The second-order valence-electron chi connectivity index (χ2n) is 12.1. The van der Waals surface area contributed by atoms with Gasteiger partial charge in [0.05, 0.1) is 41.8 Å². The normalized spacial score (nSPS) is 29.2. The number of aromatic nitrogens is 1. The summed E-state index contributed by atoms with van der Waals surface area (Å²) in [5.41, 5.74) is -0.0230. The first-order valence-electron chi connectivity index (χ1n) is 14.2. The average Bonchev–Trinajstić information content (AvgIpc) is 3.70. The van der Waals surface area contributed by atoms with E-state index in [-0.39, 0.29) is 39.5 Å². The summed E-state index contributed by atoms with van der Waals surface area (Å²) in [6.07, 6.45) is -3.92. The SMILES string of the molecule is COc1cc([C@@H]2c3sc(=O)[nH]c3S[C@@H]3[C@@H]4C[C@@H]([C@@H]5C(=O)N(c6cccc(C(F)(F)F)c6)C(=O)[C@@H]45)[C@@H]23)ccc1OCC(C)C. The predicted octanol–water partition coefficient (Wildman–Crippen LogP) is 6.18. The number of alkyl halides is 3. The van der Waals surface area contributed by atoms with Crippen LogP contribution in [0.15, 0.2) is 52.3 Å². The molecule has 0 radical (unpaired) electrons. The van der Waals surface area contributed by atoms with E-state index in [4.69, 9.17) is 9.47 Å². The van der Waals surface area contributed by atoms with Crippen molar-refractivity contribution in [2.45, 2.75) is 42.6 Å². The molecule has 2 aliphatic heterocycles. The van der Waals surface area contributed by atoms with Crippen molar-refractivity contribution in [1.29, 1.82) is 0 Å². The fraction of sp³-hybridized carbons (Fsp3) is 0.452. The van der Waals surface area contributed by atoms with Gasteiger partial charge in [0, 0.05) is 16.0 Å². The summed E-state index contributed by atoms with van der Waals surface area (Å²) in [6, 6.07) is 10.2. The maximum absolute atomic E-state index is 13.9. The number of ether oxygens (including phenoxy) is 2. The number of imide groups is 1. The molecule has 7 atom stereocenters. The number of thioether (sulfide) groups is 1. The van der Waals surface area contributed by atoms with Crippen LogP contribution < -0.4 is 19.2 Å². The summed E-state index contributed by atoms with van der Waals surface area (Å²) in [4.78, 5) is 44.9. The first-order chi connectivity index (χ1) is 20.5. The number of benzene rings is 2. The van der Waals surface area contributed by atoms with Crippen molar-refractivity contribution < 1.29 is 32.2 Å². The molecule has 7 rings (SSSR count). The highest BCUT2D eigenvalue weighted by Crippen LogP contribution is 2.69. The van der Waals surface area contributed by atoms with Gasteiger partial charge in [-0.25, -0.2) is 0 Å². The van der Waals surface area contributed by atoms with Crippen molar-refractivity contribution in [3.8, 4) is 11.5 Å². The Morgan fingerprint density at radius 1 is 1.02 bits per heavy atom. The Balaban J connectivity index is 1.27. The van der Waals surface area contributed by atoms with Crippen LogP contribution >= 0.6 is 23.1 Å². The van der Waals surface area contributed by atoms with Gasteiger partial charge in [-0.05, 0) is 66.0 Å². The lowest BCUT2D eigenvalue weighted by molar-refractivity contribution is -0.137.